The normalized spacial score (nSPS) is 21.4. The van der Waals surface area contributed by atoms with Crippen LogP contribution in [0.15, 0.2) is 29.4 Å². The fourth-order valence-electron chi connectivity index (χ4n) is 3.29. The number of hydrogen-bond acceptors (Lipinski definition) is 5. The van der Waals surface area contributed by atoms with E-state index in [1.54, 1.807) is 0 Å². The second kappa shape index (κ2) is 7.68. The lowest BCUT2D eigenvalue weighted by molar-refractivity contribution is -0.123. The Morgan fingerprint density at radius 2 is 2.17 bits per heavy atom. The summed E-state index contributed by atoms with van der Waals surface area (Å²) in [6.07, 6.45) is 1.02. The molecule has 1 atom stereocenters. The number of nitrogens with two attached hydrogens (primary N) is 1. The molecule has 1 aromatic heterocycles. The number of aromatic nitrogens is 2. The molecule has 0 radical (unpaired) electrons. The zero-order valence-electron chi connectivity index (χ0n) is 15.7. The van der Waals surface area contributed by atoms with Crippen LogP contribution in [0.1, 0.15) is 29.4 Å². The van der Waals surface area contributed by atoms with Crippen molar-refractivity contribution in [2.24, 2.45) is 10.7 Å². The maximum absolute atomic E-state index is 15.0. The number of carbonyl (C=O) groups excluding carboxylic acids is 1. The average Bonchev–Trinajstić information content (AvgIpc) is 3.06. The first-order valence-corrected chi connectivity index (χ1v) is 9.07. The number of H-pyrrole nitrogens is 1. The third-order valence-electron chi connectivity index (χ3n) is 4.88. The highest BCUT2D eigenvalue weighted by Crippen LogP contribution is 2.47. The molecular weight excluding hydrogens is 411 g/mol. The lowest BCUT2D eigenvalue weighted by atomic mass is 9.81. The van der Waals surface area contributed by atoms with Crippen molar-refractivity contribution in [2.75, 3.05) is 25.2 Å². The van der Waals surface area contributed by atoms with Crippen molar-refractivity contribution in [2.45, 2.75) is 24.8 Å². The highest BCUT2D eigenvalue weighted by Gasteiger charge is 2.56. The number of aromatic amines is 1. The monoisotopic (exact) mass is 429 g/mol. The van der Waals surface area contributed by atoms with Gasteiger partial charge in [-0.3, -0.25) is 14.9 Å². The number of nitrogens with one attached hydrogen (secondary N) is 1. The van der Waals surface area contributed by atoms with Crippen molar-refractivity contribution < 1.29 is 22.7 Å². The van der Waals surface area contributed by atoms with Gasteiger partial charge in [-0.2, -0.15) is 5.10 Å². The molecule has 0 saturated carbocycles. The third kappa shape index (κ3) is 3.58. The van der Waals surface area contributed by atoms with Crippen LogP contribution in [0.4, 0.5) is 18.9 Å². The number of carbonyl (C=O) groups is 1. The van der Waals surface area contributed by atoms with Gasteiger partial charge >= 0.3 is 0 Å². The van der Waals surface area contributed by atoms with Crippen LogP contribution >= 0.6 is 11.6 Å². The topological polar surface area (TPSA) is 96.6 Å². The fourth-order valence-corrected chi connectivity index (χ4v) is 3.46. The number of rotatable bonds is 4. The largest absolute Gasteiger partial charge is 0.385 e. The van der Waals surface area contributed by atoms with Crippen molar-refractivity contribution in [3.05, 3.63) is 46.5 Å². The Kier molecular flexibility index (Phi) is 5.59. The Morgan fingerprint density at radius 3 is 2.79 bits per heavy atom. The Labute approximate surface area is 169 Å². The number of anilines is 1. The Bertz CT molecular complexity index is 965. The van der Waals surface area contributed by atoms with Crippen molar-refractivity contribution in [3.8, 4) is 0 Å². The molecule has 1 aliphatic heterocycles. The standard InChI is InChI=1S/C18H19ClF3N5O2/c1-3-17(18(21,22)9-29-8-14(23)25-17)11-6-10(4-5-13(11)20)27(2)16(28)15-12(19)7-24-26-15/h4-7H,3,8-9H2,1-2H3,(H2,23,25)(H,24,26)/t17-/m1/s1. The van der Waals surface area contributed by atoms with E-state index in [9.17, 15) is 9.18 Å². The Hall–Kier alpha value is -2.59. The highest BCUT2D eigenvalue weighted by molar-refractivity contribution is 6.34. The molecule has 0 aliphatic carbocycles. The summed E-state index contributed by atoms with van der Waals surface area (Å²) >= 11 is 5.91. The molecule has 1 amide bonds. The molecule has 3 rings (SSSR count). The van der Waals surface area contributed by atoms with Gasteiger partial charge in [-0.25, -0.2) is 13.2 Å². The maximum Gasteiger partial charge on any atom is 0.299 e. The van der Waals surface area contributed by atoms with Gasteiger partial charge in [0.05, 0.1) is 11.2 Å². The summed E-state index contributed by atoms with van der Waals surface area (Å²) in [5.74, 6) is -5.16. The highest BCUT2D eigenvalue weighted by atomic mass is 35.5. The van der Waals surface area contributed by atoms with Gasteiger partial charge in [-0.15, -0.1) is 0 Å². The number of aliphatic imine (C=N–C) groups is 1. The van der Waals surface area contributed by atoms with Gasteiger partial charge in [-0.05, 0) is 24.6 Å². The predicted molar refractivity (Wildman–Crippen MR) is 102 cm³/mol. The minimum Gasteiger partial charge on any atom is -0.385 e. The van der Waals surface area contributed by atoms with E-state index in [1.165, 1.54) is 26.2 Å². The van der Waals surface area contributed by atoms with Crippen LogP contribution in [0.2, 0.25) is 5.02 Å². The van der Waals surface area contributed by atoms with Gasteiger partial charge in [0.25, 0.3) is 11.8 Å². The lowest BCUT2D eigenvalue weighted by Crippen LogP contribution is -2.47. The van der Waals surface area contributed by atoms with E-state index in [1.807, 2.05) is 0 Å². The number of hydrogen-bond donors (Lipinski definition) is 2. The minimum atomic E-state index is -3.53. The molecule has 0 fully saturated rings. The molecule has 156 valence electrons. The first kappa shape index (κ1) is 21.1. The Morgan fingerprint density at radius 1 is 1.45 bits per heavy atom. The first-order chi connectivity index (χ1) is 13.6. The second-order valence-electron chi connectivity index (χ2n) is 6.64. The first-order valence-electron chi connectivity index (χ1n) is 8.69. The summed E-state index contributed by atoms with van der Waals surface area (Å²) in [7, 11) is 1.40. The zero-order valence-corrected chi connectivity index (χ0v) is 16.4. The van der Waals surface area contributed by atoms with E-state index in [-0.39, 0.29) is 40.8 Å². The number of amidine groups is 1. The summed E-state index contributed by atoms with van der Waals surface area (Å²) in [4.78, 5) is 17.7. The molecule has 1 aliphatic rings. The SMILES string of the molecule is CC[C@]1(c2cc(N(C)C(=O)c3[nH]ncc3Cl)ccc2F)N=C(N)COCC1(F)F. The molecule has 29 heavy (non-hydrogen) atoms. The van der Waals surface area contributed by atoms with Gasteiger partial charge in [0.2, 0.25) is 0 Å². The zero-order chi connectivity index (χ0) is 21.4. The van der Waals surface area contributed by atoms with Crippen LogP contribution in [0.3, 0.4) is 0 Å². The summed E-state index contributed by atoms with van der Waals surface area (Å²) < 4.78 is 49.7. The Balaban J connectivity index is 2.12. The van der Waals surface area contributed by atoms with Crippen molar-refractivity contribution >= 4 is 29.0 Å². The van der Waals surface area contributed by atoms with Crippen LogP contribution in [0.5, 0.6) is 0 Å². The van der Waals surface area contributed by atoms with E-state index in [2.05, 4.69) is 15.2 Å². The summed E-state index contributed by atoms with van der Waals surface area (Å²) in [6, 6.07) is 3.47. The van der Waals surface area contributed by atoms with Gasteiger partial charge in [0, 0.05) is 18.3 Å². The number of alkyl halides is 2. The van der Waals surface area contributed by atoms with Crippen LogP contribution in [-0.4, -0.2) is 48.1 Å². The van der Waals surface area contributed by atoms with Crippen LogP contribution in [0, 0.1) is 5.82 Å². The van der Waals surface area contributed by atoms with Crippen molar-refractivity contribution in [1.82, 2.24) is 10.2 Å². The van der Waals surface area contributed by atoms with E-state index >= 15 is 8.78 Å². The summed E-state index contributed by atoms with van der Waals surface area (Å²) in [6.45, 7) is 0.212. The number of amides is 1. The molecule has 0 spiro atoms. The van der Waals surface area contributed by atoms with E-state index in [4.69, 9.17) is 22.1 Å². The molecule has 11 heteroatoms. The molecule has 2 heterocycles. The van der Waals surface area contributed by atoms with Crippen LogP contribution in [0.25, 0.3) is 0 Å². The molecule has 0 saturated heterocycles. The second-order valence-corrected chi connectivity index (χ2v) is 7.04. The van der Waals surface area contributed by atoms with E-state index < -0.39 is 29.8 Å². The number of halogens is 4. The molecule has 7 nitrogen and oxygen atoms in total. The van der Waals surface area contributed by atoms with Gasteiger partial charge in [-0.1, -0.05) is 18.5 Å². The fraction of sp³-hybridized carbons (Fsp3) is 0.389. The molecule has 2 aromatic rings. The summed E-state index contributed by atoms with van der Waals surface area (Å²) in [5.41, 5.74) is 3.22. The van der Waals surface area contributed by atoms with E-state index in [0.29, 0.717) is 0 Å². The summed E-state index contributed by atoms with van der Waals surface area (Å²) in [5, 5.41) is 6.24. The molecule has 0 unspecified atom stereocenters. The number of nitrogens with zero attached hydrogens (tertiary/aromatic N) is 3. The molecule has 1 aromatic carbocycles. The van der Waals surface area contributed by atoms with Crippen molar-refractivity contribution in [1.29, 1.82) is 0 Å². The number of benzene rings is 1. The molecule has 0 bridgehead atoms. The van der Waals surface area contributed by atoms with Crippen LogP contribution in [-0.2, 0) is 10.3 Å². The van der Waals surface area contributed by atoms with Gasteiger partial charge < -0.3 is 15.4 Å². The van der Waals surface area contributed by atoms with Crippen molar-refractivity contribution in [3.63, 3.8) is 0 Å². The van der Waals surface area contributed by atoms with Gasteiger partial charge in [0.1, 0.15) is 30.6 Å². The molecule has 3 N–H and O–H groups in total. The quantitative estimate of drug-likeness (QED) is 0.780. The lowest BCUT2D eigenvalue weighted by Gasteiger charge is -2.36. The third-order valence-corrected chi connectivity index (χ3v) is 5.17. The predicted octanol–water partition coefficient (Wildman–Crippen LogP) is 3.11. The minimum absolute atomic E-state index is 0.0145. The smallest absolute Gasteiger partial charge is 0.299 e. The maximum atomic E-state index is 15.0. The van der Waals surface area contributed by atoms with E-state index in [0.717, 1.165) is 17.0 Å². The molecular formula is C18H19ClF3N5O2. The average molecular weight is 430 g/mol. The van der Waals surface area contributed by atoms with Crippen LogP contribution < -0.4 is 10.6 Å². The van der Waals surface area contributed by atoms with Gasteiger partial charge in [0.15, 0.2) is 5.54 Å². The number of ether oxygens (including phenoxy) is 1.